The van der Waals surface area contributed by atoms with Gasteiger partial charge in [0, 0.05) is 18.5 Å². The minimum Gasteiger partial charge on any atom is -0.481 e. The van der Waals surface area contributed by atoms with Crippen molar-refractivity contribution in [3.05, 3.63) is 65.7 Å². The normalized spacial score (nSPS) is 14.1. The summed E-state index contributed by atoms with van der Waals surface area (Å²) in [7, 11) is -3.85. The van der Waals surface area contributed by atoms with Gasteiger partial charge in [-0.25, -0.2) is 0 Å². The van der Waals surface area contributed by atoms with Gasteiger partial charge in [0.25, 0.3) is 0 Å². The molecule has 0 saturated carbocycles. The first kappa shape index (κ1) is 21.8. The van der Waals surface area contributed by atoms with Crippen LogP contribution in [-0.2, 0) is 24.8 Å². The molecule has 7 nitrogen and oxygen atoms in total. The van der Waals surface area contributed by atoms with Crippen LogP contribution in [-0.4, -0.2) is 21.9 Å². The van der Waals surface area contributed by atoms with Gasteiger partial charge in [0.1, 0.15) is 0 Å². The number of hydrogen-bond acceptors (Lipinski definition) is 4. The maximum absolute atomic E-state index is 12.4. The zero-order chi connectivity index (χ0) is 20.6. The Morgan fingerprint density at radius 1 is 1.07 bits per heavy atom. The molecular weight excluding hydrogens is 381 g/mol. The lowest BCUT2D eigenvalue weighted by atomic mass is 10.1. The summed E-state index contributed by atoms with van der Waals surface area (Å²) in [5.74, 6) is -1.21. The Kier molecular flexibility index (Phi) is 7.93. The molecule has 2 atom stereocenters. The van der Waals surface area contributed by atoms with E-state index >= 15 is 0 Å². The minimum atomic E-state index is -3.85. The van der Waals surface area contributed by atoms with Gasteiger partial charge in [-0.3, -0.25) is 14.2 Å². The van der Waals surface area contributed by atoms with Gasteiger partial charge in [-0.05, 0) is 36.6 Å². The second-order valence-electron chi connectivity index (χ2n) is 6.45. The van der Waals surface area contributed by atoms with E-state index in [0.717, 1.165) is 5.56 Å². The summed E-state index contributed by atoms with van der Waals surface area (Å²) in [5.41, 5.74) is 1.96. The van der Waals surface area contributed by atoms with E-state index in [4.69, 9.17) is 9.63 Å². The molecule has 8 heteroatoms. The third-order valence-electron chi connectivity index (χ3n) is 4.01. The van der Waals surface area contributed by atoms with Gasteiger partial charge in [0.2, 0.25) is 5.91 Å². The Hall–Kier alpha value is -2.47. The molecule has 28 heavy (non-hydrogen) atoms. The third-order valence-corrected chi connectivity index (χ3v) is 5.42. The first-order chi connectivity index (χ1) is 13.2. The van der Waals surface area contributed by atoms with Gasteiger partial charge >= 0.3 is 13.6 Å². The number of carbonyl (C=O) groups is 2. The van der Waals surface area contributed by atoms with Crippen LogP contribution in [0.4, 0.5) is 5.69 Å². The lowest BCUT2D eigenvalue weighted by Crippen LogP contribution is -2.11. The second kappa shape index (κ2) is 10.2. The number of aliphatic carboxylic acids is 1. The molecule has 0 saturated heterocycles. The molecule has 2 aromatic carbocycles. The van der Waals surface area contributed by atoms with Gasteiger partial charge in [-0.2, -0.15) is 0 Å². The Labute approximate surface area is 163 Å². The highest BCUT2D eigenvalue weighted by Gasteiger charge is 2.24. The minimum absolute atomic E-state index is 0.0560. The van der Waals surface area contributed by atoms with Gasteiger partial charge in [0.05, 0.1) is 12.3 Å². The molecular formula is C20H24NO6P. The summed E-state index contributed by atoms with van der Waals surface area (Å²) in [6, 6.07) is 15.8. The van der Waals surface area contributed by atoms with Crippen molar-refractivity contribution >= 4 is 25.2 Å². The zero-order valence-electron chi connectivity index (χ0n) is 15.6. The summed E-state index contributed by atoms with van der Waals surface area (Å²) in [4.78, 5) is 32.4. The summed E-state index contributed by atoms with van der Waals surface area (Å²) in [6.07, 6.45) is -0.327. The van der Waals surface area contributed by atoms with Crippen LogP contribution in [0.25, 0.3) is 0 Å². The van der Waals surface area contributed by atoms with E-state index < -0.39 is 19.7 Å². The molecule has 0 bridgehead atoms. The van der Waals surface area contributed by atoms with Crippen molar-refractivity contribution in [2.24, 2.45) is 0 Å². The van der Waals surface area contributed by atoms with E-state index in [9.17, 15) is 19.0 Å². The van der Waals surface area contributed by atoms with Crippen LogP contribution in [0.3, 0.4) is 0 Å². The summed E-state index contributed by atoms with van der Waals surface area (Å²) < 4.78 is 17.8. The van der Waals surface area contributed by atoms with Crippen LogP contribution in [0.1, 0.15) is 43.4 Å². The molecule has 150 valence electrons. The van der Waals surface area contributed by atoms with Gasteiger partial charge in [-0.1, -0.05) is 42.5 Å². The molecule has 0 fully saturated rings. The molecule has 3 N–H and O–H groups in total. The van der Waals surface area contributed by atoms with Crippen molar-refractivity contribution in [1.29, 1.82) is 0 Å². The fraction of sp³-hybridized carbons (Fsp3) is 0.300. The zero-order valence-corrected chi connectivity index (χ0v) is 16.5. The van der Waals surface area contributed by atoms with Gasteiger partial charge < -0.3 is 19.8 Å². The molecule has 2 rings (SSSR count). The smallest absolute Gasteiger partial charge is 0.333 e. The standard InChI is InChI=1S/C20H24NO6P/c1-15(17-6-3-2-4-7-17)27-28(25,26)14-16-10-12-18(13-11-16)21-19(22)8-5-9-20(23)24/h2-4,6-7,10-13,15H,5,8-9,14H2,1H3,(H,21,22)(H,23,24)(H,25,26). The maximum atomic E-state index is 12.4. The van der Waals surface area contributed by atoms with E-state index in [-0.39, 0.29) is 31.3 Å². The number of nitrogens with one attached hydrogen (secondary N) is 1. The van der Waals surface area contributed by atoms with Crippen LogP contribution < -0.4 is 5.32 Å². The average Bonchev–Trinajstić information content (AvgIpc) is 2.63. The number of carboxylic acids is 1. The van der Waals surface area contributed by atoms with E-state index in [1.54, 1.807) is 31.2 Å². The number of rotatable bonds is 10. The van der Waals surface area contributed by atoms with Gasteiger partial charge in [-0.15, -0.1) is 0 Å². The molecule has 0 heterocycles. The molecule has 0 aliphatic heterocycles. The molecule has 2 unspecified atom stereocenters. The Morgan fingerprint density at radius 2 is 1.71 bits per heavy atom. The third kappa shape index (κ3) is 7.64. The quantitative estimate of drug-likeness (QED) is 0.507. The topological polar surface area (TPSA) is 113 Å². The van der Waals surface area contributed by atoms with Crippen molar-refractivity contribution < 1.29 is 28.7 Å². The van der Waals surface area contributed by atoms with Crippen molar-refractivity contribution in [3.8, 4) is 0 Å². The van der Waals surface area contributed by atoms with Crippen molar-refractivity contribution in [3.63, 3.8) is 0 Å². The van der Waals surface area contributed by atoms with Crippen LogP contribution in [0, 0.1) is 0 Å². The predicted molar refractivity (Wildman–Crippen MR) is 106 cm³/mol. The highest BCUT2D eigenvalue weighted by Crippen LogP contribution is 2.49. The highest BCUT2D eigenvalue weighted by molar-refractivity contribution is 7.51. The maximum Gasteiger partial charge on any atom is 0.333 e. The lowest BCUT2D eigenvalue weighted by molar-refractivity contribution is -0.137. The molecule has 0 spiro atoms. The van der Waals surface area contributed by atoms with Crippen molar-refractivity contribution in [2.45, 2.75) is 38.5 Å². The predicted octanol–water partition coefficient (Wildman–Crippen LogP) is 4.34. The van der Waals surface area contributed by atoms with Crippen LogP contribution >= 0.6 is 7.60 Å². The number of anilines is 1. The lowest BCUT2D eigenvalue weighted by Gasteiger charge is -2.18. The number of hydrogen-bond donors (Lipinski definition) is 3. The summed E-state index contributed by atoms with van der Waals surface area (Å²) in [6.45, 7) is 1.72. The van der Waals surface area contributed by atoms with E-state index in [2.05, 4.69) is 5.32 Å². The number of carbonyl (C=O) groups excluding carboxylic acids is 1. The number of amides is 1. The Bertz CT molecular complexity index is 838. The first-order valence-electron chi connectivity index (χ1n) is 8.91. The van der Waals surface area contributed by atoms with E-state index in [1.165, 1.54) is 0 Å². The molecule has 0 radical (unpaired) electrons. The van der Waals surface area contributed by atoms with Crippen molar-refractivity contribution in [2.75, 3.05) is 5.32 Å². The molecule has 0 aromatic heterocycles. The van der Waals surface area contributed by atoms with Crippen LogP contribution in [0.15, 0.2) is 54.6 Å². The summed E-state index contributed by atoms with van der Waals surface area (Å²) in [5, 5.41) is 11.2. The Balaban J connectivity index is 1.87. The number of benzene rings is 2. The molecule has 0 aliphatic rings. The monoisotopic (exact) mass is 405 g/mol. The highest BCUT2D eigenvalue weighted by atomic mass is 31.2. The SMILES string of the molecule is CC(OP(=O)(O)Cc1ccc(NC(=O)CCCC(=O)O)cc1)c1ccccc1. The molecule has 0 aliphatic carbocycles. The van der Waals surface area contributed by atoms with Crippen LogP contribution in [0.5, 0.6) is 0 Å². The Morgan fingerprint density at radius 3 is 2.32 bits per heavy atom. The fourth-order valence-corrected chi connectivity index (χ4v) is 3.98. The molecule has 1 amide bonds. The fourth-order valence-electron chi connectivity index (χ4n) is 2.62. The van der Waals surface area contributed by atoms with E-state index in [1.807, 2.05) is 30.3 Å². The average molecular weight is 405 g/mol. The first-order valence-corrected chi connectivity index (χ1v) is 10.7. The second-order valence-corrected chi connectivity index (χ2v) is 8.25. The van der Waals surface area contributed by atoms with Gasteiger partial charge in [0.15, 0.2) is 0 Å². The number of carboxylic acid groups (broad SMARTS) is 1. The summed E-state index contributed by atoms with van der Waals surface area (Å²) >= 11 is 0. The molecule has 2 aromatic rings. The van der Waals surface area contributed by atoms with Crippen molar-refractivity contribution in [1.82, 2.24) is 0 Å². The van der Waals surface area contributed by atoms with Crippen LogP contribution in [0.2, 0.25) is 0 Å². The largest absolute Gasteiger partial charge is 0.481 e. The van der Waals surface area contributed by atoms with E-state index in [0.29, 0.717) is 11.3 Å².